The van der Waals surface area contributed by atoms with Gasteiger partial charge in [0.15, 0.2) is 0 Å². The Morgan fingerprint density at radius 2 is 1.96 bits per heavy atom. The Bertz CT molecular complexity index is 715. The van der Waals surface area contributed by atoms with Crippen molar-refractivity contribution < 1.29 is 19.0 Å². The Morgan fingerprint density at radius 3 is 2.63 bits per heavy atom. The molecule has 0 bridgehead atoms. The van der Waals surface area contributed by atoms with Gasteiger partial charge in [-0.3, -0.25) is 4.79 Å². The number of nitrogens with one attached hydrogen (secondary N) is 2. The highest BCUT2D eigenvalue weighted by Crippen LogP contribution is 2.16. The summed E-state index contributed by atoms with van der Waals surface area (Å²) in [6.07, 6.45) is 5.36. The number of nitrogens with zero attached hydrogens (tertiary/aromatic N) is 2. The second-order valence-electron chi connectivity index (χ2n) is 6.09. The first-order valence-corrected chi connectivity index (χ1v) is 8.97. The van der Waals surface area contributed by atoms with Crippen LogP contribution in [-0.4, -0.2) is 55.4 Å². The van der Waals surface area contributed by atoms with Crippen LogP contribution in [0, 0.1) is 0 Å². The minimum Gasteiger partial charge on any atom is -0.497 e. The molecule has 1 fully saturated rings. The number of ether oxygens (including phenoxy) is 3. The minimum atomic E-state index is -0.237. The van der Waals surface area contributed by atoms with Gasteiger partial charge in [0, 0.05) is 25.5 Å². The number of hydrogen-bond donors (Lipinski definition) is 2. The fourth-order valence-corrected chi connectivity index (χ4v) is 2.65. The average molecular weight is 372 g/mol. The zero-order chi connectivity index (χ0) is 18.9. The summed E-state index contributed by atoms with van der Waals surface area (Å²) in [7, 11) is 1.61. The molecule has 0 radical (unpaired) electrons. The summed E-state index contributed by atoms with van der Waals surface area (Å²) in [5, 5.41) is 5.90. The lowest BCUT2D eigenvalue weighted by atomic mass is 10.2. The van der Waals surface area contributed by atoms with E-state index in [2.05, 4.69) is 20.6 Å². The third-order valence-corrected chi connectivity index (χ3v) is 4.14. The maximum atomic E-state index is 12.1. The first-order valence-electron chi connectivity index (χ1n) is 8.97. The van der Waals surface area contributed by atoms with Gasteiger partial charge < -0.3 is 24.8 Å². The Morgan fingerprint density at radius 1 is 1.22 bits per heavy atom. The van der Waals surface area contributed by atoms with Crippen LogP contribution >= 0.6 is 0 Å². The standard InChI is InChI=1S/C19H24N4O4/c1-25-15-4-6-16(7-5-15)27-10-8-20-18(24)14-11-21-19(22-12-14)23-13-17-3-2-9-26-17/h4-7,11-12,17H,2-3,8-10,13H2,1H3,(H,20,24)(H,21,22,23). The number of rotatable bonds is 9. The van der Waals surface area contributed by atoms with Gasteiger partial charge in [-0.2, -0.15) is 0 Å². The van der Waals surface area contributed by atoms with Crippen LogP contribution in [0.4, 0.5) is 5.95 Å². The van der Waals surface area contributed by atoms with Gasteiger partial charge in [-0.25, -0.2) is 9.97 Å². The molecule has 27 heavy (non-hydrogen) atoms. The molecule has 0 saturated carbocycles. The van der Waals surface area contributed by atoms with Crippen molar-refractivity contribution in [3.8, 4) is 11.5 Å². The summed E-state index contributed by atoms with van der Waals surface area (Å²) >= 11 is 0. The highest BCUT2D eigenvalue weighted by atomic mass is 16.5. The number of carbonyl (C=O) groups excluding carboxylic acids is 1. The van der Waals surface area contributed by atoms with Crippen molar-refractivity contribution in [3.05, 3.63) is 42.2 Å². The number of anilines is 1. The van der Waals surface area contributed by atoms with Crippen LogP contribution in [0.5, 0.6) is 11.5 Å². The molecule has 8 heteroatoms. The lowest BCUT2D eigenvalue weighted by Crippen LogP contribution is -2.28. The lowest BCUT2D eigenvalue weighted by molar-refractivity contribution is 0.0946. The molecule has 1 atom stereocenters. The van der Waals surface area contributed by atoms with Crippen LogP contribution in [0.3, 0.4) is 0 Å². The van der Waals surface area contributed by atoms with Crippen LogP contribution in [0.2, 0.25) is 0 Å². The molecule has 1 aliphatic heterocycles. The summed E-state index contributed by atoms with van der Waals surface area (Å²) < 4.78 is 16.2. The molecule has 2 heterocycles. The third kappa shape index (κ3) is 5.82. The third-order valence-electron chi connectivity index (χ3n) is 4.14. The number of hydrogen-bond acceptors (Lipinski definition) is 7. The van der Waals surface area contributed by atoms with E-state index in [1.807, 2.05) is 24.3 Å². The summed E-state index contributed by atoms with van der Waals surface area (Å²) in [5.74, 6) is 1.74. The van der Waals surface area contributed by atoms with Crippen molar-refractivity contribution in [2.45, 2.75) is 18.9 Å². The van der Waals surface area contributed by atoms with Crippen LogP contribution < -0.4 is 20.1 Å². The molecule has 3 rings (SSSR count). The molecule has 1 amide bonds. The largest absolute Gasteiger partial charge is 0.497 e. The number of methoxy groups -OCH3 is 1. The van der Waals surface area contributed by atoms with E-state index in [1.165, 1.54) is 12.4 Å². The lowest BCUT2D eigenvalue weighted by Gasteiger charge is -2.11. The van der Waals surface area contributed by atoms with Gasteiger partial charge in [-0.05, 0) is 37.1 Å². The van der Waals surface area contributed by atoms with Crippen LogP contribution in [0.25, 0.3) is 0 Å². The zero-order valence-corrected chi connectivity index (χ0v) is 15.3. The fourth-order valence-electron chi connectivity index (χ4n) is 2.65. The summed E-state index contributed by atoms with van der Waals surface area (Å²) in [6, 6.07) is 7.27. The predicted molar refractivity (Wildman–Crippen MR) is 100 cm³/mol. The molecule has 2 N–H and O–H groups in total. The van der Waals surface area contributed by atoms with Gasteiger partial charge in [0.25, 0.3) is 5.91 Å². The number of carbonyl (C=O) groups is 1. The molecular weight excluding hydrogens is 348 g/mol. The van der Waals surface area contributed by atoms with E-state index < -0.39 is 0 Å². The van der Waals surface area contributed by atoms with Crippen molar-refractivity contribution in [2.75, 3.05) is 38.7 Å². The smallest absolute Gasteiger partial charge is 0.254 e. The van der Waals surface area contributed by atoms with E-state index in [4.69, 9.17) is 14.2 Å². The van der Waals surface area contributed by atoms with Crippen LogP contribution in [0.15, 0.2) is 36.7 Å². The molecule has 1 aromatic heterocycles. The van der Waals surface area contributed by atoms with Gasteiger partial charge in [0.05, 0.1) is 25.3 Å². The molecule has 144 valence electrons. The Labute approximate surface area is 158 Å². The van der Waals surface area contributed by atoms with Gasteiger partial charge in [-0.1, -0.05) is 0 Å². The van der Waals surface area contributed by atoms with E-state index in [0.717, 1.165) is 30.9 Å². The highest BCUT2D eigenvalue weighted by Gasteiger charge is 2.15. The quantitative estimate of drug-likeness (QED) is 0.649. The van der Waals surface area contributed by atoms with E-state index in [1.54, 1.807) is 7.11 Å². The topological polar surface area (TPSA) is 94.6 Å². The maximum absolute atomic E-state index is 12.1. The SMILES string of the molecule is COc1ccc(OCCNC(=O)c2cnc(NCC3CCCO3)nc2)cc1. The zero-order valence-electron chi connectivity index (χ0n) is 15.3. The second-order valence-corrected chi connectivity index (χ2v) is 6.09. The molecule has 2 aromatic rings. The number of benzene rings is 1. The monoisotopic (exact) mass is 372 g/mol. The van der Waals surface area contributed by atoms with Crippen LogP contribution in [0.1, 0.15) is 23.2 Å². The van der Waals surface area contributed by atoms with Crippen molar-refractivity contribution in [1.29, 1.82) is 0 Å². The van der Waals surface area contributed by atoms with E-state index in [0.29, 0.717) is 31.2 Å². The Balaban J connectivity index is 1.37. The highest BCUT2D eigenvalue weighted by molar-refractivity contribution is 5.93. The van der Waals surface area contributed by atoms with E-state index in [-0.39, 0.29) is 12.0 Å². The number of aromatic nitrogens is 2. The molecular formula is C19H24N4O4. The molecule has 1 aliphatic rings. The second kappa shape index (κ2) is 9.72. The minimum absolute atomic E-state index is 0.210. The molecule has 1 saturated heterocycles. The van der Waals surface area contributed by atoms with Crippen molar-refractivity contribution >= 4 is 11.9 Å². The normalized spacial score (nSPS) is 16.0. The molecule has 1 unspecified atom stereocenters. The Kier molecular flexibility index (Phi) is 6.81. The van der Waals surface area contributed by atoms with Crippen molar-refractivity contribution in [1.82, 2.24) is 15.3 Å². The summed E-state index contributed by atoms with van der Waals surface area (Å²) in [5.41, 5.74) is 0.405. The van der Waals surface area contributed by atoms with E-state index in [9.17, 15) is 4.79 Å². The van der Waals surface area contributed by atoms with Gasteiger partial charge in [0.1, 0.15) is 18.1 Å². The maximum Gasteiger partial charge on any atom is 0.254 e. The predicted octanol–water partition coefficient (Wildman–Crippen LogP) is 1.88. The van der Waals surface area contributed by atoms with Crippen molar-refractivity contribution in [2.24, 2.45) is 0 Å². The fraction of sp³-hybridized carbons (Fsp3) is 0.421. The number of amides is 1. The van der Waals surface area contributed by atoms with E-state index >= 15 is 0 Å². The van der Waals surface area contributed by atoms with Gasteiger partial charge in [-0.15, -0.1) is 0 Å². The summed E-state index contributed by atoms with van der Waals surface area (Å²) in [6.45, 7) is 2.23. The molecule has 1 aromatic carbocycles. The molecule has 0 spiro atoms. The first kappa shape index (κ1) is 18.9. The molecule has 0 aliphatic carbocycles. The first-order chi connectivity index (χ1) is 13.2. The average Bonchev–Trinajstić information content (AvgIpc) is 3.24. The van der Waals surface area contributed by atoms with Gasteiger partial charge in [0.2, 0.25) is 5.95 Å². The van der Waals surface area contributed by atoms with Crippen LogP contribution in [-0.2, 0) is 4.74 Å². The van der Waals surface area contributed by atoms with Gasteiger partial charge >= 0.3 is 0 Å². The summed E-state index contributed by atoms with van der Waals surface area (Å²) in [4.78, 5) is 20.5. The van der Waals surface area contributed by atoms with Crippen molar-refractivity contribution in [3.63, 3.8) is 0 Å². The molecule has 8 nitrogen and oxygen atoms in total. The Hall–Kier alpha value is -2.87.